The molecule has 0 atom stereocenters. The van der Waals surface area contributed by atoms with E-state index in [1.54, 1.807) is 0 Å². The molecule has 0 N–H and O–H groups in total. The lowest BCUT2D eigenvalue weighted by atomic mass is 9.78. The molecule has 2 fully saturated rings. The van der Waals surface area contributed by atoms with Crippen LogP contribution in [0.25, 0.3) is 0 Å². The summed E-state index contributed by atoms with van der Waals surface area (Å²) in [5.41, 5.74) is 1.54. The predicted octanol–water partition coefficient (Wildman–Crippen LogP) is 3.63. The summed E-state index contributed by atoms with van der Waals surface area (Å²) >= 11 is 6.43. The maximum Gasteiger partial charge on any atom is 0.496 e. The third kappa shape index (κ3) is 3.61. The topological polar surface area (TPSA) is 21.7 Å². The van der Waals surface area contributed by atoms with Crippen molar-refractivity contribution in [3.05, 3.63) is 28.8 Å². The summed E-state index contributed by atoms with van der Waals surface area (Å²) in [5.74, 6) is 0. The Bertz CT molecular complexity index is 554. The average molecular weight is 336 g/mol. The Morgan fingerprint density at radius 1 is 1.04 bits per heavy atom. The largest absolute Gasteiger partial charge is 0.496 e. The fourth-order valence-corrected chi connectivity index (χ4v) is 3.42. The molecule has 2 aliphatic heterocycles. The van der Waals surface area contributed by atoms with E-state index in [-0.39, 0.29) is 11.2 Å². The van der Waals surface area contributed by atoms with E-state index in [4.69, 9.17) is 20.9 Å². The summed E-state index contributed by atoms with van der Waals surface area (Å²) in [5, 5.41) is 0.714. The minimum absolute atomic E-state index is 0.343. The van der Waals surface area contributed by atoms with E-state index in [0.717, 1.165) is 12.0 Å². The third-order valence-corrected chi connectivity index (χ3v) is 5.77. The molecule has 2 aliphatic rings. The van der Waals surface area contributed by atoms with E-state index in [2.05, 4.69) is 44.7 Å². The number of hydrogen-bond acceptors (Lipinski definition) is 3. The van der Waals surface area contributed by atoms with Gasteiger partial charge in [0.25, 0.3) is 0 Å². The van der Waals surface area contributed by atoms with Gasteiger partial charge in [-0.2, -0.15) is 0 Å². The minimum Gasteiger partial charge on any atom is -0.399 e. The average Bonchev–Trinajstić information content (AvgIpc) is 2.70. The number of hydrogen-bond donors (Lipinski definition) is 0. The van der Waals surface area contributed by atoms with E-state index >= 15 is 0 Å². The summed E-state index contributed by atoms with van der Waals surface area (Å²) in [4.78, 5) is 2.51. The Morgan fingerprint density at radius 3 is 2.26 bits per heavy atom. The minimum atomic E-state index is -0.395. The van der Waals surface area contributed by atoms with Gasteiger partial charge in [0.15, 0.2) is 0 Å². The van der Waals surface area contributed by atoms with E-state index < -0.39 is 7.12 Å². The smallest absolute Gasteiger partial charge is 0.399 e. The van der Waals surface area contributed by atoms with Crippen molar-refractivity contribution in [3.8, 4) is 0 Å². The molecule has 23 heavy (non-hydrogen) atoms. The SMILES string of the molecule is CC1(C)OB(c2cc(CN3CCCCC3)ccc2Cl)OC1(C)C. The van der Waals surface area contributed by atoms with Gasteiger partial charge in [-0.1, -0.05) is 30.2 Å². The standard InChI is InChI=1S/C18H27BClNO2/c1-17(2)18(3,4)23-19(22-17)15-12-14(8-9-16(15)20)13-21-10-6-5-7-11-21/h8-9,12H,5-7,10-11,13H2,1-4H3. The Hall–Kier alpha value is -0.545. The number of likely N-dealkylation sites (tertiary alicyclic amines) is 1. The van der Waals surface area contributed by atoms with Crippen LogP contribution in [0.5, 0.6) is 0 Å². The highest BCUT2D eigenvalue weighted by Crippen LogP contribution is 2.37. The molecular formula is C18H27BClNO2. The molecule has 0 saturated carbocycles. The number of piperidine rings is 1. The van der Waals surface area contributed by atoms with Gasteiger partial charge in [0.2, 0.25) is 0 Å². The monoisotopic (exact) mass is 335 g/mol. The normalized spacial score (nSPS) is 24.1. The van der Waals surface area contributed by atoms with E-state index in [0.29, 0.717) is 5.02 Å². The van der Waals surface area contributed by atoms with Gasteiger partial charge < -0.3 is 9.31 Å². The van der Waals surface area contributed by atoms with Gasteiger partial charge >= 0.3 is 7.12 Å². The molecule has 5 heteroatoms. The Balaban J connectivity index is 1.78. The highest BCUT2D eigenvalue weighted by molar-refractivity contribution is 6.65. The Kier molecular flexibility index (Phi) is 4.81. The zero-order valence-corrected chi connectivity index (χ0v) is 15.4. The molecule has 0 bridgehead atoms. The second-order valence-corrected chi connectivity index (χ2v) is 8.19. The quantitative estimate of drug-likeness (QED) is 0.787. The van der Waals surface area contributed by atoms with Crippen molar-refractivity contribution in [2.24, 2.45) is 0 Å². The van der Waals surface area contributed by atoms with Gasteiger partial charge in [-0.15, -0.1) is 0 Å². The zero-order chi connectivity index (χ0) is 16.7. The molecule has 2 heterocycles. The Morgan fingerprint density at radius 2 is 1.65 bits per heavy atom. The highest BCUT2D eigenvalue weighted by Gasteiger charge is 2.52. The number of halogens is 1. The van der Waals surface area contributed by atoms with Crippen LogP contribution in [0.1, 0.15) is 52.5 Å². The van der Waals surface area contributed by atoms with Crippen molar-refractivity contribution in [3.63, 3.8) is 0 Å². The molecule has 0 amide bonds. The van der Waals surface area contributed by atoms with Crippen LogP contribution < -0.4 is 5.46 Å². The third-order valence-electron chi connectivity index (χ3n) is 5.42. The first-order chi connectivity index (χ1) is 10.8. The molecule has 2 saturated heterocycles. The van der Waals surface area contributed by atoms with E-state index in [1.807, 2.05) is 6.07 Å². The fraction of sp³-hybridized carbons (Fsp3) is 0.667. The molecule has 126 valence electrons. The van der Waals surface area contributed by atoms with Crippen molar-refractivity contribution in [2.45, 2.75) is 64.7 Å². The van der Waals surface area contributed by atoms with Gasteiger partial charge in [-0.25, -0.2) is 0 Å². The molecule has 0 aliphatic carbocycles. The van der Waals surface area contributed by atoms with Crippen molar-refractivity contribution in [2.75, 3.05) is 13.1 Å². The van der Waals surface area contributed by atoms with Crippen molar-refractivity contribution in [1.29, 1.82) is 0 Å². The molecule has 3 rings (SSSR count). The Labute approximate surface area is 145 Å². The van der Waals surface area contributed by atoms with Gasteiger partial charge in [-0.05, 0) is 65.3 Å². The lowest BCUT2D eigenvalue weighted by Crippen LogP contribution is -2.41. The summed E-state index contributed by atoms with van der Waals surface area (Å²) in [7, 11) is -0.395. The van der Waals surface area contributed by atoms with Crippen LogP contribution in [0.3, 0.4) is 0 Å². The van der Waals surface area contributed by atoms with Crippen LogP contribution in [-0.2, 0) is 15.9 Å². The van der Waals surface area contributed by atoms with Crippen LogP contribution in [0.2, 0.25) is 5.02 Å². The number of benzene rings is 1. The van der Waals surface area contributed by atoms with Crippen molar-refractivity contribution >= 4 is 24.2 Å². The zero-order valence-electron chi connectivity index (χ0n) is 14.7. The highest BCUT2D eigenvalue weighted by atomic mass is 35.5. The fourth-order valence-electron chi connectivity index (χ4n) is 3.22. The second-order valence-electron chi connectivity index (χ2n) is 7.78. The van der Waals surface area contributed by atoms with E-state index in [1.165, 1.54) is 37.9 Å². The van der Waals surface area contributed by atoms with Crippen molar-refractivity contribution in [1.82, 2.24) is 4.90 Å². The van der Waals surface area contributed by atoms with Gasteiger partial charge in [0.1, 0.15) is 0 Å². The molecule has 1 aromatic carbocycles. The first-order valence-corrected chi connectivity index (χ1v) is 9.03. The van der Waals surface area contributed by atoms with Crippen LogP contribution in [-0.4, -0.2) is 36.3 Å². The van der Waals surface area contributed by atoms with Crippen LogP contribution in [0, 0.1) is 0 Å². The summed E-state index contributed by atoms with van der Waals surface area (Å²) in [6.07, 6.45) is 3.96. The lowest BCUT2D eigenvalue weighted by molar-refractivity contribution is 0.00578. The summed E-state index contributed by atoms with van der Waals surface area (Å²) in [6.45, 7) is 11.6. The first kappa shape index (κ1) is 17.3. The predicted molar refractivity (Wildman–Crippen MR) is 96.3 cm³/mol. The molecule has 0 unspecified atom stereocenters. The molecule has 0 aromatic heterocycles. The molecule has 0 spiro atoms. The van der Waals surface area contributed by atoms with Crippen molar-refractivity contribution < 1.29 is 9.31 Å². The summed E-state index contributed by atoms with van der Waals surface area (Å²) < 4.78 is 12.3. The molecule has 3 nitrogen and oxygen atoms in total. The lowest BCUT2D eigenvalue weighted by Gasteiger charge is -2.32. The second kappa shape index (κ2) is 6.40. The summed E-state index contributed by atoms with van der Waals surface area (Å²) in [6, 6.07) is 6.24. The van der Waals surface area contributed by atoms with Crippen LogP contribution in [0.15, 0.2) is 18.2 Å². The molecule has 0 radical (unpaired) electrons. The van der Waals surface area contributed by atoms with Gasteiger partial charge in [-0.3, -0.25) is 4.90 Å². The van der Waals surface area contributed by atoms with Crippen LogP contribution >= 0.6 is 11.6 Å². The van der Waals surface area contributed by atoms with Crippen LogP contribution in [0.4, 0.5) is 0 Å². The van der Waals surface area contributed by atoms with Gasteiger partial charge in [0, 0.05) is 17.0 Å². The maximum absolute atomic E-state index is 6.43. The number of rotatable bonds is 3. The molecule has 1 aromatic rings. The van der Waals surface area contributed by atoms with Gasteiger partial charge in [0.05, 0.1) is 11.2 Å². The van der Waals surface area contributed by atoms with E-state index in [9.17, 15) is 0 Å². The molecular weight excluding hydrogens is 308 g/mol. The first-order valence-electron chi connectivity index (χ1n) is 8.65. The number of nitrogens with zero attached hydrogens (tertiary/aromatic N) is 1. The maximum atomic E-state index is 6.43.